The molecule has 0 aliphatic rings. The topological polar surface area (TPSA) is 17.1 Å². The van der Waals surface area contributed by atoms with Crippen molar-refractivity contribution in [1.82, 2.24) is 0 Å². The molecule has 4 heteroatoms. The number of hydrogen-bond donors (Lipinski definition) is 0. The molecule has 0 spiro atoms. The average molecular weight is 405 g/mol. The molecule has 4 heavy (non-hydrogen) atoms. The summed E-state index contributed by atoms with van der Waals surface area (Å²) in [5.41, 5.74) is 0. The van der Waals surface area contributed by atoms with E-state index < -0.39 is 0 Å². The molecular formula is CdGaOPb. The maximum absolute atomic E-state index is 8.39. The van der Waals surface area contributed by atoms with Gasteiger partial charge in [0.15, 0.2) is 0 Å². The maximum atomic E-state index is 8.39. The van der Waals surface area contributed by atoms with Gasteiger partial charge in [0.25, 0.3) is 0 Å². The Balaban J connectivity index is -0.00000000500. The first-order valence-corrected chi connectivity index (χ1v) is 1.79. The summed E-state index contributed by atoms with van der Waals surface area (Å²) in [6.45, 7) is 0. The fourth-order valence-corrected chi connectivity index (χ4v) is 0. The van der Waals surface area contributed by atoms with Crippen molar-refractivity contribution in [3.63, 3.8) is 0 Å². The fraction of sp³-hybridized carbons (Fsp3) is 0. The van der Waals surface area contributed by atoms with Crippen molar-refractivity contribution < 1.29 is 30.0 Å². The standard InChI is InChI=1S/Cd.Ga.O.Pb. The van der Waals surface area contributed by atoms with Gasteiger partial charge in [-0.1, -0.05) is 0 Å². The Morgan fingerprint density at radius 2 is 1.25 bits per heavy atom. The van der Waals surface area contributed by atoms with E-state index in [0.717, 1.165) is 0 Å². The molecule has 0 aromatic rings. The Morgan fingerprint density at radius 1 is 1.25 bits per heavy atom. The van der Waals surface area contributed by atoms with E-state index in [9.17, 15) is 0 Å². The van der Waals surface area contributed by atoms with Crippen LogP contribution < -0.4 is 0 Å². The van der Waals surface area contributed by atoms with Gasteiger partial charge in [0.1, 0.15) is 0 Å². The molecule has 0 N–H and O–H groups in total. The van der Waals surface area contributed by atoms with Gasteiger partial charge in [-0.15, -0.1) is 0 Å². The van der Waals surface area contributed by atoms with Crippen LogP contribution in [0.15, 0.2) is 0 Å². The summed E-state index contributed by atoms with van der Waals surface area (Å²) >= 11 is 0.0556. The van der Waals surface area contributed by atoms with Gasteiger partial charge in [0.05, 0.1) is 0 Å². The van der Waals surface area contributed by atoms with E-state index in [2.05, 4.69) is 0 Å². The van der Waals surface area contributed by atoms with Crippen LogP contribution in [0.4, 0.5) is 0 Å². The van der Waals surface area contributed by atoms with E-state index >= 15 is 0 Å². The van der Waals surface area contributed by atoms with Crippen molar-refractivity contribution in [1.29, 1.82) is 0 Å². The first-order valence-electron chi connectivity index (χ1n) is 0.204. The van der Waals surface area contributed by atoms with Gasteiger partial charge in [-0.05, 0) is 0 Å². The van der Waals surface area contributed by atoms with Gasteiger partial charge in [0, 0.05) is 47.1 Å². The Hall–Kier alpha value is 2.28. The van der Waals surface area contributed by atoms with E-state index in [1.54, 1.807) is 0 Å². The SMILES string of the molecule is [Cd].[Ga].[O]=[Pb]. The van der Waals surface area contributed by atoms with E-state index in [1.807, 2.05) is 0 Å². The molecule has 0 atom stereocenters. The average Bonchev–Trinajstić information content (AvgIpc) is 1.00. The van der Waals surface area contributed by atoms with Gasteiger partial charge in [0.2, 0.25) is 0 Å². The molecule has 0 aliphatic heterocycles. The van der Waals surface area contributed by atoms with Gasteiger partial charge in [-0.3, -0.25) is 0 Å². The first-order chi connectivity index (χ1) is 1.00. The van der Waals surface area contributed by atoms with E-state index in [4.69, 9.17) is 2.69 Å². The quantitative estimate of drug-likeness (QED) is 0.479. The van der Waals surface area contributed by atoms with Crippen molar-refractivity contribution in [3.8, 4) is 0 Å². The van der Waals surface area contributed by atoms with Gasteiger partial charge in [-0.2, -0.15) is 0 Å². The van der Waals surface area contributed by atoms with Crippen LogP contribution in [0, 0.1) is 0 Å². The second-order valence-electron chi connectivity index (χ2n) is 0. The van der Waals surface area contributed by atoms with E-state index in [1.165, 1.54) is 0 Å². The Labute approximate surface area is 74.3 Å². The molecule has 0 amide bonds. The van der Waals surface area contributed by atoms with Gasteiger partial charge < -0.3 is 0 Å². The zero-order chi connectivity index (χ0) is 2.00. The minimum absolute atomic E-state index is 0. The van der Waals surface area contributed by atoms with Crippen LogP contribution >= 0.6 is 0 Å². The monoisotopic (exact) mass is 407 g/mol. The molecule has 0 saturated heterocycles. The summed E-state index contributed by atoms with van der Waals surface area (Å²) in [5, 5.41) is 0. The van der Waals surface area contributed by atoms with Crippen LogP contribution in [-0.2, 0) is 30.0 Å². The predicted molar refractivity (Wildman–Crippen MR) is 12.2 cm³/mol. The zero-order valence-electron chi connectivity index (χ0n) is 2.19. The molecular weight excluding hydrogens is 405 g/mol. The van der Waals surface area contributed by atoms with Gasteiger partial charge >= 0.3 is 28.5 Å². The molecule has 0 unspecified atom stereocenters. The number of hydrogen-bond acceptors (Lipinski definition) is 1. The Kier molecular flexibility index (Phi) is 75.7. The minimum atomic E-state index is 0. The van der Waals surface area contributed by atoms with Crippen molar-refractivity contribution in [3.05, 3.63) is 0 Å². The van der Waals surface area contributed by atoms with Crippen molar-refractivity contribution in [2.75, 3.05) is 0 Å². The molecule has 0 saturated carbocycles. The first kappa shape index (κ1) is 16.3. The molecule has 0 aromatic carbocycles. The van der Waals surface area contributed by atoms with Crippen LogP contribution in [0.2, 0.25) is 0 Å². The summed E-state index contributed by atoms with van der Waals surface area (Å²) in [6, 6.07) is 0. The van der Waals surface area contributed by atoms with Crippen LogP contribution in [0.5, 0.6) is 0 Å². The van der Waals surface area contributed by atoms with Gasteiger partial charge in [-0.25, -0.2) is 0 Å². The van der Waals surface area contributed by atoms with Crippen molar-refractivity contribution in [2.45, 2.75) is 0 Å². The molecule has 1 nitrogen and oxygen atoms in total. The summed E-state index contributed by atoms with van der Waals surface area (Å²) in [6.07, 6.45) is 0. The summed E-state index contributed by atoms with van der Waals surface area (Å²) in [5.74, 6) is 0. The Morgan fingerprint density at radius 3 is 1.25 bits per heavy atom. The predicted octanol–water partition coefficient (Wildman–Crippen LogP) is -0.883. The van der Waals surface area contributed by atoms with E-state index in [-0.39, 0.29) is 72.9 Å². The number of rotatable bonds is 0. The van der Waals surface area contributed by atoms with Crippen LogP contribution in [-0.4, -0.2) is 45.6 Å². The molecule has 0 heterocycles. The summed E-state index contributed by atoms with van der Waals surface area (Å²) in [4.78, 5) is 0. The third-order valence-electron chi connectivity index (χ3n) is 0. The van der Waals surface area contributed by atoms with E-state index in [0.29, 0.717) is 0 Å². The van der Waals surface area contributed by atoms with Crippen LogP contribution in [0.3, 0.4) is 0 Å². The molecule has 0 aromatic heterocycles. The molecule has 0 aliphatic carbocycles. The molecule has 5 radical (unpaired) electrons. The molecule has 0 rings (SSSR count). The molecule has 0 fully saturated rings. The second kappa shape index (κ2) is 18.6. The normalized spacial score (nSPS) is 1.00. The fourth-order valence-electron chi connectivity index (χ4n) is 0. The van der Waals surface area contributed by atoms with Crippen molar-refractivity contribution in [2.24, 2.45) is 0 Å². The molecule has 15 valence electrons. The van der Waals surface area contributed by atoms with Crippen LogP contribution in [0.25, 0.3) is 0 Å². The Bertz CT molecular complexity index is 8.00. The van der Waals surface area contributed by atoms with Crippen molar-refractivity contribution >= 4 is 45.6 Å². The summed E-state index contributed by atoms with van der Waals surface area (Å²) in [7, 11) is 0. The second-order valence-corrected chi connectivity index (χ2v) is 0. The van der Waals surface area contributed by atoms with Crippen LogP contribution in [0.1, 0.15) is 0 Å². The molecule has 0 bridgehead atoms. The third kappa shape index (κ3) is 8.86. The zero-order valence-corrected chi connectivity index (χ0v) is 12.5. The summed E-state index contributed by atoms with van der Waals surface area (Å²) < 4.78 is 8.39. The third-order valence-corrected chi connectivity index (χ3v) is 0.